The summed E-state index contributed by atoms with van der Waals surface area (Å²) in [5, 5.41) is 3.79. The zero-order chi connectivity index (χ0) is 20.4. The molecule has 0 fully saturated rings. The Kier molecular flexibility index (Phi) is 5.48. The standard InChI is InChI=1S/C20H21N3O5S/c1-3-12(2)21-18(24)10-29-20-22-15-8-17-16(27-11-28-17)7-14(15)19(25)23(20)9-13-5-4-6-26-13/h4-8,12H,3,9-11H2,1-2H3,(H,21,24)/t12-/m1/s1. The molecule has 0 bridgehead atoms. The predicted molar refractivity (Wildman–Crippen MR) is 109 cm³/mol. The molecule has 1 N–H and O–H groups in total. The average molecular weight is 415 g/mol. The van der Waals surface area contributed by atoms with Crippen LogP contribution in [0.25, 0.3) is 10.9 Å². The minimum absolute atomic E-state index is 0.0951. The van der Waals surface area contributed by atoms with Gasteiger partial charge >= 0.3 is 0 Å². The van der Waals surface area contributed by atoms with Gasteiger partial charge in [-0.05, 0) is 31.5 Å². The van der Waals surface area contributed by atoms with Crippen molar-refractivity contribution >= 4 is 28.6 Å². The summed E-state index contributed by atoms with van der Waals surface area (Å²) in [6, 6.07) is 6.99. The molecule has 0 unspecified atom stereocenters. The van der Waals surface area contributed by atoms with Crippen molar-refractivity contribution in [2.45, 2.75) is 38.0 Å². The first-order chi connectivity index (χ1) is 14.0. The van der Waals surface area contributed by atoms with Crippen molar-refractivity contribution in [1.82, 2.24) is 14.9 Å². The number of nitrogens with one attached hydrogen (secondary N) is 1. The number of furan rings is 1. The van der Waals surface area contributed by atoms with Gasteiger partial charge in [-0.15, -0.1) is 0 Å². The Bertz CT molecular complexity index is 1090. The van der Waals surface area contributed by atoms with Gasteiger partial charge in [0, 0.05) is 12.1 Å². The molecule has 29 heavy (non-hydrogen) atoms. The predicted octanol–water partition coefficient (Wildman–Crippen LogP) is 2.77. The van der Waals surface area contributed by atoms with Gasteiger partial charge in [0.2, 0.25) is 12.7 Å². The maximum Gasteiger partial charge on any atom is 0.262 e. The molecule has 9 heteroatoms. The molecule has 8 nitrogen and oxygen atoms in total. The van der Waals surface area contributed by atoms with Gasteiger partial charge in [0.1, 0.15) is 5.76 Å². The molecular weight excluding hydrogens is 394 g/mol. The summed E-state index contributed by atoms with van der Waals surface area (Å²) in [7, 11) is 0. The first-order valence-electron chi connectivity index (χ1n) is 9.34. The van der Waals surface area contributed by atoms with Gasteiger partial charge in [0.15, 0.2) is 16.7 Å². The summed E-state index contributed by atoms with van der Waals surface area (Å²) in [5.74, 6) is 1.76. The number of hydrogen-bond donors (Lipinski definition) is 1. The molecule has 1 aliphatic rings. The van der Waals surface area contributed by atoms with E-state index < -0.39 is 0 Å². The lowest BCUT2D eigenvalue weighted by Gasteiger charge is -2.14. The fraction of sp³-hybridized carbons (Fsp3) is 0.350. The largest absolute Gasteiger partial charge is 0.467 e. The van der Waals surface area contributed by atoms with E-state index in [-0.39, 0.29) is 36.6 Å². The quantitative estimate of drug-likeness (QED) is 0.468. The van der Waals surface area contributed by atoms with Crippen LogP contribution in [0.1, 0.15) is 26.0 Å². The van der Waals surface area contributed by atoms with Crippen molar-refractivity contribution in [1.29, 1.82) is 0 Å². The summed E-state index contributed by atoms with van der Waals surface area (Å²) in [4.78, 5) is 30.1. The Morgan fingerprint density at radius 3 is 2.86 bits per heavy atom. The summed E-state index contributed by atoms with van der Waals surface area (Å²) in [6.07, 6.45) is 2.40. The molecule has 1 aliphatic heterocycles. The molecule has 0 aliphatic carbocycles. The van der Waals surface area contributed by atoms with Crippen LogP contribution in [0.2, 0.25) is 0 Å². The highest BCUT2D eigenvalue weighted by Gasteiger charge is 2.20. The zero-order valence-electron chi connectivity index (χ0n) is 16.1. The normalized spacial score (nSPS) is 13.6. The number of carbonyl (C=O) groups is 1. The molecule has 0 saturated carbocycles. The third kappa shape index (κ3) is 4.09. The van der Waals surface area contributed by atoms with Crippen LogP contribution in [-0.4, -0.2) is 34.0 Å². The highest BCUT2D eigenvalue weighted by Crippen LogP contribution is 2.35. The Hall–Kier alpha value is -2.94. The van der Waals surface area contributed by atoms with Gasteiger partial charge in [0.25, 0.3) is 5.56 Å². The van der Waals surface area contributed by atoms with E-state index in [9.17, 15) is 9.59 Å². The van der Waals surface area contributed by atoms with E-state index in [4.69, 9.17) is 13.9 Å². The van der Waals surface area contributed by atoms with Gasteiger partial charge in [-0.2, -0.15) is 0 Å². The fourth-order valence-electron chi connectivity index (χ4n) is 2.95. The second kappa shape index (κ2) is 8.20. The molecule has 1 aromatic carbocycles. The molecule has 0 saturated heterocycles. The number of thioether (sulfide) groups is 1. The average Bonchev–Trinajstić information content (AvgIpc) is 3.38. The lowest BCUT2D eigenvalue weighted by molar-refractivity contribution is -0.119. The molecule has 152 valence electrons. The summed E-state index contributed by atoms with van der Waals surface area (Å²) < 4.78 is 17.7. The van der Waals surface area contributed by atoms with E-state index in [0.717, 1.165) is 6.42 Å². The minimum atomic E-state index is -0.227. The molecule has 2 aromatic heterocycles. The molecular formula is C20H21N3O5S. The number of benzene rings is 1. The first-order valence-corrected chi connectivity index (χ1v) is 10.3. The Morgan fingerprint density at radius 2 is 2.14 bits per heavy atom. The lowest BCUT2D eigenvalue weighted by atomic mass is 10.2. The minimum Gasteiger partial charge on any atom is -0.467 e. The molecule has 1 atom stereocenters. The molecule has 4 rings (SSSR count). The Balaban J connectivity index is 1.71. The Labute approximate surface area is 171 Å². The molecule has 3 heterocycles. The molecule has 3 aromatic rings. The lowest BCUT2D eigenvalue weighted by Crippen LogP contribution is -2.33. The summed E-state index contributed by atoms with van der Waals surface area (Å²) in [5.41, 5.74) is 0.273. The molecule has 0 radical (unpaired) electrons. The van der Waals surface area contributed by atoms with Gasteiger partial charge in [-0.1, -0.05) is 18.7 Å². The van der Waals surface area contributed by atoms with Crippen LogP contribution >= 0.6 is 11.8 Å². The summed E-state index contributed by atoms with van der Waals surface area (Å²) >= 11 is 1.22. The SMILES string of the molecule is CC[C@@H](C)NC(=O)CSc1nc2cc3c(cc2c(=O)n1Cc1ccco1)OCO3. The van der Waals surface area contributed by atoms with E-state index in [1.807, 2.05) is 13.8 Å². The second-order valence-electron chi connectivity index (χ2n) is 6.75. The van der Waals surface area contributed by atoms with Crippen LogP contribution in [0.15, 0.2) is 44.9 Å². The summed E-state index contributed by atoms with van der Waals surface area (Å²) in [6.45, 7) is 4.29. The van der Waals surface area contributed by atoms with E-state index in [2.05, 4.69) is 10.3 Å². The van der Waals surface area contributed by atoms with Crippen molar-refractivity contribution in [2.24, 2.45) is 0 Å². The van der Waals surface area contributed by atoms with Crippen LogP contribution in [-0.2, 0) is 11.3 Å². The maximum atomic E-state index is 13.2. The number of ether oxygens (including phenoxy) is 2. The number of fused-ring (bicyclic) bond motifs is 2. The number of hydrogen-bond acceptors (Lipinski definition) is 7. The van der Waals surface area contributed by atoms with Crippen LogP contribution in [0.3, 0.4) is 0 Å². The first kappa shape index (κ1) is 19.4. The van der Waals surface area contributed by atoms with E-state index in [1.165, 1.54) is 16.3 Å². The van der Waals surface area contributed by atoms with E-state index in [1.54, 1.807) is 30.5 Å². The third-order valence-electron chi connectivity index (χ3n) is 4.66. The highest BCUT2D eigenvalue weighted by molar-refractivity contribution is 7.99. The number of nitrogens with zero attached hydrogens (tertiary/aromatic N) is 2. The van der Waals surface area contributed by atoms with Crippen LogP contribution < -0.4 is 20.3 Å². The highest BCUT2D eigenvalue weighted by atomic mass is 32.2. The van der Waals surface area contributed by atoms with Crippen LogP contribution in [0, 0.1) is 0 Å². The van der Waals surface area contributed by atoms with Crippen molar-refractivity contribution in [3.63, 3.8) is 0 Å². The molecule has 1 amide bonds. The van der Waals surface area contributed by atoms with Crippen molar-refractivity contribution in [3.05, 3.63) is 46.6 Å². The molecule has 0 spiro atoms. The smallest absolute Gasteiger partial charge is 0.262 e. The maximum absolute atomic E-state index is 13.2. The van der Waals surface area contributed by atoms with E-state index in [0.29, 0.717) is 33.3 Å². The van der Waals surface area contributed by atoms with Gasteiger partial charge in [-0.3, -0.25) is 14.2 Å². The van der Waals surface area contributed by atoms with Crippen molar-refractivity contribution in [2.75, 3.05) is 12.5 Å². The van der Waals surface area contributed by atoms with Gasteiger partial charge in [-0.25, -0.2) is 4.98 Å². The van der Waals surface area contributed by atoms with E-state index >= 15 is 0 Å². The van der Waals surface area contributed by atoms with Crippen molar-refractivity contribution < 1.29 is 18.7 Å². The number of rotatable bonds is 7. The topological polar surface area (TPSA) is 95.6 Å². The van der Waals surface area contributed by atoms with Gasteiger partial charge in [0.05, 0.1) is 29.5 Å². The number of aromatic nitrogens is 2. The third-order valence-corrected chi connectivity index (χ3v) is 5.64. The zero-order valence-corrected chi connectivity index (χ0v) is 17.0. The van der Waals surface area contributed by atoms with Crippen LogP contribution in [0.4, 0.5) is 0 Å². The van der Waals surface area contributed by atoms with Crippen LogP contribution in [0.5, 0.6) is 11.5 Å². The van der Waals surface area contributed by atoms with Gasteiger partial charge < -0.3 is 19.2 Å². The monoisotopic (exact) mass is 415 g/mol. The number of carbonyl (C=O) groups excluding carboxylic acids is 1. The second-order valence-corrected chi connectivity index (χ2v) is 7.70. The number of amides is 1. The Morgan fingerprint density at radius 1 is 1.34 bits per heavy atom. The fourth-order valence-corrected chi connectivity index (χ4v) is 3.76. The van der Waals surface area contributed by atoms with Crippen molar-refractivity contribution in [3.8, 4) is 11.5 Å².